The maximum absolute atomic E-state index is 13.0. The van der Waals surface area contributed by atoms with E-state index in [1.165, 1.54) is 12.1 Å². The van der Waals surface area contributed by atoms with Gasteiger partial charge in [0.2, 0.25) is 5.91 Å². The maximum Gasteiger partial charge on any atom is 0.262 e. The molecule has 3 nitrogen and oxygen atoms in total. The van der Waals surface area contributed by atoms with Gasteiger partial charge in [-0.3, -0.25) is 10.1 Å². The van der Waals surface area contributed by atoms with Crippen molar-refractivity contribution in [2.75, 3.05) is 13.1 Å². The highest BCUT2D eigenvalue weighted by molar-refractivity contribution is 5.85. The van der Waals surface area contributed by atoms with Crippen LogP contribution in [0.5, 0.6) is 0 Å². The standard InChI is InChI=1S/C14H17F3N2O.ClH/c1-9(10-2-4-11(15)5-3-10)7-18-13(20)12-6-14(16,17)8-19-12;/h2-5,9,12,19H,6-8H2,1H3,(H,18,20);1H. The summed E-state index contributed by atoms with van der Waals surface area (Å²) in [4.78, 5) is 11.8. The molecule has 1 fully saturated rings. The fourth-order valence-electron chi connectivity index (χ4n) is 2.19. The van der Waals surface area contributed by atoms with E-state index in [2.05, 4.69) is 10.6 Å². The van der Waals surface area contributed by atoms with Crippen LogP contribution in [0.3, 0.4) is 0 Å². The molecule has 0 aliphatic carbocycles. The number of alkyl halides is 2. The number of benzene rings is 1. The zero-order chi connectivity index (χ0) is 14.8. The van der Waals surface area contributed by atoms with Gasteiger partial charge in [0, 0.05) is 13.0 Å². The molecule has 1 aliphatic rings. The topological polar surface area (TPSA) is 41.1 Å². The number of halogens is 4. The van der Waals surface area contributed by atoms with Gasteiger partial charge in [-0.25, -0.2) is 13.2 Å². The van der Waals surface area contributed by atoms with Crippen molar-refractivity contribution in [2.24, 2.45) is 0 Å². The average molecular weight is 323 g/mol. The molecule has 1 saturated heterocycles. The van der Waals surface area contributed by atoms with Gasteiger partial charge in [0.15, 0.2) is 0 Å². The van der Waals surface area contributed by atoms with Gasteiger partial charge in [-0.2, -0.15) is 0 Å². The lowest BCUT2D eigenvalue weighted by Gasteiger charge is -2.15. The number of nitrogens with one attached hydrogen (secondary N) is 2. The highest BCUT2D eigenvalue weighted by atomic mass is 35.5. The highest BCUT2D eigenvalue weighted by Crippen LogP contribution is 2.25. The molecule has 7 heteroatoms. The van der Waals surface area contributed by atoms with Crippen LogP contribution in [0.1, 0.15) is 24.8 Å². The van der Waals surface area contributed by atoms with Crippen molar-refractivity contribution in [3.63, 3.8) is 0 Å². The van der Waals surface area contributed by atoms with E-state index >= 15 is 0 Å². The normalized spacial score (nSPS) is 21.4. The predicted octanol–water partition coefficient (Wildman–Crippen LogP) is 2.46. The molecule has 0 aromatic heterocycles. The first-order chi connectivity index (χ1) is 9.37. The van der Waals surface area contributed by atoms with E-state index in [1.54, 1.807) is 12.1 Å². The zero-order valence-electron chi connectivity index (χ0n) is 11.5. The van der Waals surface area contributed by atoms with Crippen molar-refractivity contribution in [3.8, 4) is 0 Å². The maximum atomic E-state index is 13.0. The minimum absolute atomic E-state index is 0. The molecular weight excluding hydrogens is 305 g/mol. The molecule has 1 amide bonds. The Bertz CT molecular complexity index is 482. The van der Waals surface area contributed by atoms with Crippen LogP contribution in [0.15, 0.2) is 24.3 Å². The van der Waals surface area contributed by atoms with E-state index in [1.807, 2.05) is 6.92 Å². The Labute approximate surface area is 127 Å². The summed E-state index contributed by atoms with van der Waals surface area (Å²) in [5, 5.41) is 5.15. The number of carbonyl (C=O) groups is 1. The summed E-state index contributed by atoms with van der Waals surface area (Å²) in [6, 6.07) is 5.16. The highest BCUT2D eigenvalue weighted by Gasteiger charge is 2.42. The second-order valence-corrected chi connectivity index (χ2v) is 5.19. The lowest BCUT2D eigenvalue weighted by atomic mass is 10.0. The van der Waals surface area contributed by atoms with Crippen LogP contribution >= 0.6 is 12.4 Å². The van der Waals surface area contributed by atoms with Gasteiger partial charge in [-0.1, -0.05) is 19.1 Å². The van der Waals surface area contributed by atoms with Crippen molar-refractivity contribution < 1.29 is 18.0 Å². The van der Waals surface area contributed by atoms with Crippen molar-refractivity contribution in [3.05, 3.63) is 35.6 Å². The molecule has 21 heavy (non-hydrogen) atoms. The van der Waals surface area contributed by atoms with Crippen LogP contribution in [0.4, 0.5) is 13.2 Å². The minimum atomic E-state index is -2.81. The zero-order valence-corrected chi connectivity index (χ0v) is 12.4. The fourth-order valence-corrected chi connectivity index (χ4v) is 2.19. The van der Waals surface area contributed by atoms with Gasteiger partial charge < -0.3 is 5.32 Å². The Balaban J connectivity index is 0.00000220. The van der Waals surface area contributed by atoms with Gasteiger partial charge in [0.25, 0.3) is 5.92 Å². The molecule has 2 N–H and O–H groups in total. The first-order valence-electron chi connectivity index (χ1n) is 6.52. The van der Waals surface area contributed by atoms with E-state index in [0.717, 1.165) is 5.56 Å². The van der Waals surface area contributed by atoms with Gasteiger partial charge in [0.05, 0.1) is 12.6 Å². The summed E-state index contributed by atoms with van der Waals surface area (Å²) in [7, 11) is 0. The van der Waals surface area contributed by atoms with Crippen LogP contribution in [0.25, 0.3) is 0 Å². The quantitative estimate of drug-likeness (QED) is 0.894. The van der Waals surface area contributed by atoms with E-state index < -0.39 is 30.8 Å². The summed E-state index contributed by atoms with van der Waals surface area (Å²) in [5.41, 5.74) is 0.886. The van der Waals surface area contributed by atoms with E-state index in [4.69, 9.17) is 0 Å². The second-order valence-electron chi connectivity index (χ2n) is 5.19. The Kier molecular flexibility index (Phi) is 6.04. The van der Waals surface area contributed by atoms with Crippen LogP contribution < -0.4 is 10.6 Å². The Morgan fingerprint density at radius 2 is 2.05 bits per heavy atom. The molecule has 0 bridgehead atoms. The van der Waals surface area contributed by atoms with Gasteiger partial charge in [-0.15, -0.1) is 12.4 Å². The Morgan fingerprint density at radius 3 is 2.57 bits per heavy atom. The van der Waals surface area contributed by atoms with E-state index in [0.29, 0.717) is 6.54 Å². The van der Waals surface area contributed by atoms with Crippen molar-refractivity contribution >= 4 is 18.3 Å². The summed E-state index contributed by atoms with van der Waals surface area (Å²) in [6.45, 7) is 1.75. The molecule has 118 valence electrons. The first kappa shape index (κ1) is 17.8. The minimum Gasteiger partial charge on any atom is -0.354 e. The third-order valence-electron chi connectivity index (χ3n) is 3.45. The molecule has 2 rings (SSSR count). The SMILES string of the molecule is CC(CNC(=O)C1CC(F)(F)CN1)c1ccc(F)cc1.Cl. The Morgan fingerprint density at radius 1 is 1.43 bits per heavy atom. The molecule has 2 unspecified atom stereocenters. The molecule has 0 saturated carbocycles. The smallest absolute Gasteiger partial charge is 0.262 e. The number of hydrogen-bond donors (Lipinski definition) is 2. The van der Waals surface area contributed by atoms with Crippen molar-refractivity contribution in [2.45, 2.75) is 31.2 Å². The van der Waals surface area contributed by atoms with Crippen molar-refractivity contribution in [1.29, 1.82) is 0 Å². The van der Waals surface area contributed by atoms with Gasteiger partial charge in [0.1, 0.15) is 5.82 Å². The average Bonchev–Trinajstić information content (AvgIpc) is 2.77. The monoisotopic (exact) mass is 322 g/mol. The molecule has 1 aliphatic heterocycles. The summed E-state index contributed by atoms with van der Waals surface area (Å²) in [5.74, 6) is -3.56. The first-order valence-corrected chi connectivity index (χ1v) is 6.52. The van der Waals surface area contributed by atoms with Gasteiger partial charge >= 0.3 is 0 Å². The molecule has 1 heterocycles. The second kappa shape index (κ2) is 7.13. The molecule has 0 spiro atoms. The molecule has 0 radical (unpaired) electrons. The lowest BCUT2D eigenvalue weighted by Crippen LogP contribution is -2.41. The summed E-state index contributed by atoms with van der Waals surface area (Å²) in [6.07, 6.45) is -0.468. The number of amides is 1. The Hall–Kier alpha value is -1.27. The molecule has 1 aromatic rings. The summed E-state index contributed by atoms with van der Waals surface area (Å²) >= 11 is 0. The molecular formula is C14H18ClF3N2O. The van der Waals surface area contributed by atoms with Gasteiger partial charge in [-0.05, 0) is 23.6 Å². The summed E-state index contributed by atoms with van der Waals surface area (Å²) < 4.78 is 38.7. The van der Waals surface area contributed by atoms with Crippen molar-refractivity contribution in [1.82, 2.24) is 10.6 Å². The third kappa shape index (κ3) is 4.89. The molecule has 1 aromatic carbocycles. The van der Waals surface area contributed by atoms with Crippen LogP contribution in [-0.2, 0) is 4.79 Å². The third-order valence-corrected chi connectivity index (χ3v) is 3.45. The largest absolute Gasteiger partial charge is 0.354 e. The van der Waals surface area contributed by atoms with E-state index in [9.17, 15) is 18.0 Å². The number of rotatable bonds is 4. The molecule has 2 atom stereocenters. The lowest BCUT2D eigenvalue weighted by molar-refractivity contribution is -0.123. The predicted molar refractivity (Wildman–Crippen MR) is 76.4 cm³/mol. The van der Waals surface area contributed by atoms with Crippen LogP contribution in [-0.4, -0.2) is 31.0 Å². The fraction of sp³-hybridized carbons (Fsp3) is 0.500. The number of hydrogen-bond acceptors (Lipinski definition) is 2. The number of carbonyl (C=O) groups excluding carboxylic acids is 1. The van der Waals surface area contributed by atoms with E-state index in [-0.39, 0.29) is 24.1 Å². The van der Waals surface area contributed by atoms with Crippen LogP contribution in [0, 0.1) is 5.82 Å². The van der Waals surface area contributed by atoms with Crippen LogP contribution in [0.2, 0.25) is 0 Å².